The molecule has 0 radical (unpaired) electrons. The smallest absolute Gasteiger partial charge is 0.328 e. The Morgan fingerprint density at radius 1 is 1.30 bits per heavy atom. The molecule has 1 aromatic carbocycles. The van der Waals surface area contributed by atoms with Gasteiger partial charge in [0.2, 0.25) is 0 Å². The molecule has 23 heavy (non-hydrogen) atoms. The van der Waals surface area contributed by atoms with Gasteiger partial charge >= 0.3 is 5.97 Å². The summed E-state index contributed by atoms with van der Waals surface area (Å²) in [5, 5.41) is 15.6. The van der Waals surface area contributed by atoms with Crippen LogP contribution in [0.1, 0.15) is 23.3 Å². The number of rotatable bonds is 4. The Labute approximate surface area is 131 Å². The van der Waals surface area contributed by atoms with Crippen LogP contribution in [0.2, 0.25) is 0 Å². The Balaban J connectivity index is 1.73. The van der Waals surface area contributed by atoms with Crippen LogP contribution in [-0.4, -0.2) is 40.0 Å². The fraction of sp³-hybridized carbons (Fsp3) is 0.267. The summed E-state index contributed by atoms with van der Waals surface area (Å²) >= 11 is 0. The Hall–Kier alpha value is -3.03. The quantitative estimate of drug-likeness (QED) is 0.887. The third-order valence-electron chi connectivity index (χ3n) is 3.42. The normalized spacial score (nSPS) is 14.1. The highest BCUT2D eigenvalue weighted by Crippen LogP contribution is 2.32. The van der Waals surface area contributed by atoms with Gasteiger partial charge in [-0.1, -0.05) is 0 Å². The lowest BCUT2D eigenvalue weighted by Crippen LogP contribution is -2.17. The van der Waals surface area contributed by atoms with Crippen molar-refractivity contribution in [2.75, 3.05) is 18.5 Å². The summed E-state index contributed by atoms with van der Waals surface area (Å²) in [6.07, 6.45) is 2.72. The Morgan fingerprint density at radius 3 is 2.78 bits per heavy atom. The molecule has 2 heterocycles. The molecule has 8 nitrogen and oxygen atoms in total. The number of carbonyl (C=O) groups is 2. The number of aromatic nitrogens is 2. The summed E-state index contributed by atoms with van der Waals surface area (Å²) in [6.45, 7) is 2.45. The second-order valence-corrected chi connectivity index (χ2v) is 5.04. The fourth-order valence-corrected chi connectivity index (χ4v) is 2.10. The number of carboxylic acid groups (broad SMARTS) is 1. The highest BCUT2D eigenvalue weighted by Gasteiger charge is 2.17. The van der Waals surface area contributed by atoms with Gasteiger partial charge < -0.3 is 19.9 Å². The van der Waals surface area contributed by atoms with Crippen molar-refractivity contribution in [3.05, 3.63) is 36.2 Å². The molecule has 1 amide bonds. The van der Waals surface area contributed by atoms with Crippen LogP contribution < -0.4 is 14.8 Å². The van der Waals surface area contributed by atoms with E-state index >= 15 is 0 Å². The number of hydrogen-bond acceptors (Lipinski definition) is 5. The van der Waals surface area contributed by atoms with Crippen molar-refractivity contribution < 1.29 is 24.2 Å². The molecule has 1 unspecified atom stereocenters. The van der Waals surface area contributed by atoms with Crippen molar-refractivity contribution in [3.63, 3.8) is 0 Å². The molecule has 1 aromatic heterocycles. The summed E-state index contributed by atoms with van der Waals surface area (Å²) in [7, 11) is 0. The largest absolute Gasteiger partial charge is 0.486 e. The van der Waals surface area contributed by atoms with E-state index in [2.05, 4.69) is 10.4 Å². The number of fused-ring (bicyclic) bond motifs is 1. The van der Waals surface area contributed by atoms with E-state index in [0.29, 0.717) is 30.4 Å². The van der Waals surface area contributed by atoms with E-state index in [4.69, 9.17) is 14.6 Å². The van der Waals surface area contributed by atoms with Crippen molar-refractivity contribution in [2.45, 2.75) is 13.0 Å². The van der Waals surface area contributed by atoms with E-state index in [1.54, 1.807) is 18.2 Å². The van der Waals surface area contributed by atoms with Gasteiger partial charge in [0, 0.05) is 18.0 Å². The molecule has 3 rings (SSSR count). The Kier molecular flexibility index (Phi) is 3.88. The number of ether oxygens (including phenoxy) is 2. The molecule has 2 aromatic rings. The minimum atomic E-state index is -1.02. The van der Waals surface area contributed by atoms with Crippen LogP contribution in [0.15, 0.2) is 30.6 Å². The van der Waals surface area contributed by atoms with Gasteiger partial charge in [0.1, 0.15) is 19.3 Å². The molecule has 2 N–H and O–H groups in total. The van der Waals surface area contributed by atoms with Crippen LogP contribution in [-0.2, 0) is 4.79 Å². The summed E-state index contributed by atoms with van der Waals surface area (Å²) in [5.41, 5.74) is 0.825. The molecule has 0 aliphatic carbocycles. The minimum Gasteiger partial charge on any atom is -0.486 e. The topological polar surface area (TPSA) is 103 Å². The number of benzene rings is 1. The van der Waals surface area contributed by atoms with Gasteiger partial charge in [-0.05, 0) is 19.1 Å². The summed E-state index contributed by atoms with van der Waals surface area (Å²) in [5.74, 6) is -0.195. The molecule has 1 aliphatic rings. The van der Waals surface area contributed by atoms with E-state index in [1.165, 1.54) is 24.0 Å². The van der Waals surface area contributed by atoms with Crippen LogP contribution in [0.5, 0.6) is 11.5 Å². The average Bonchev–Trinajstić information content (AvgIpc) is 3.04. The molecule has 0 saturated carbocycles. The second-order valence-electron chi connectivity index (χ2n) is 5.04. The van der Waals surface area contributed by atoms with Gasteiger partial charge in [0.15, 0.2) is 11.5 Å². The first-order chi connectivity index (χ1) is 11.0. The number of anilines is 1. The highest BCUT2D eigenvalue weighted by atomic mass is 16.6. The lowest BCUT2D eigenvalue weighted by molar-refractivity contribution is -0.140. The van der Waals surface area contributed by atoms with E-state index < -0.39 is 12.0 Å². The van der Waals surface area contributed by atoms with Crippen molar-refractivity contribution in [1.82, 2.24) is 9.78 Å². The zero-order valence-corrected chi connectivity index (χ0v) is 12.4. The van der Waals surface area contributed by atoms with Crippen molar-refractivity contribution in [2.24, 2.45) is 0 Å². The number of nitrogens with zero attached hydrogens (tertiary/aromatic N) is 2. The number of aliphatic carboxylic acids is 1. The van der Waals surface area contributed by atoms with Gasteiger partial charge in [-0.2, -0.15) is 5.10 Å². The first kappa shape index (κ1) is 14.9. The Morgan fingerprint density at radius 2 is 2.04 bits per heavy atom. The molecular formula is C15H15N3O5. The molecule has 1 aliphatic heterocycles. The molecule has 0 bridgehead atoms. The number of amides is 1. The van der Waals surface area contributed by atoms with Crippen molar-refractivity contribution in [1.29, 1.82) is 0 Å². The van der Waals surface area contributed by atoms with Crippen LogP contribution in [0, 0.1) is 0 Å². The maximum Gasteiger partial charge on any atom is 0.328 e. The van der Waals surface area contributed by atoms with Crippen LogP contribution >= 0.6 is 0 Å². The van der Waals surface area contributed by atoms with E-state index in [-0.39, 0.29) is 11.5 Å². The van der Waals surface area contributed by atoms with E-state index in [1.807, 2.05) is 0 Å². The standard InChI is InChI=1S/C15H15N3O5/c1-9(15(20)21)18-8-10(7-16-18)14(19)17-11-2-3-12-13(6-11)23-5-4-22-12/h2-3,6-9H,4-5H2,1H3,(H,17,19)(H,20,21). The average molecular weight is 317 g/mol. The summed E-state index contributed by atoms with van der Waals surface area (Å²) < 4.78 is 12.1. The maximum atomic E-state index is 12.2. The van der Waals surface area contributed by atoms with Crippen molar-refractivity contribution in [3.8, 4) is 11.5 Å². The third kappa shape index (κ3) is 3.10. The maximum absolute atomic E-state index is 12.2. The summed E-state index contributed by atoms with van der Waals surface area (Å²) in [4.78, 5) is 23.1. The van der Waals surface area contributed by atoms with Gasteiger partial charge in [-0.3, -0.25) is 9.48 Å². The summed E-state index contributed by atoms with van der Waals surface area (Å²) in [6, 6.07) is 4.26. The zero-order chi connectivity index (χ0) is 16.4. The van der Waals surface area contributed by atoms with Crippen LogP contribution in [0.25, 0.3) is 0 Å². The number of hydrogen-bond donors (Lipinski definition) is 2. The van der Waals surface area contributed by atoms with E-state index in [0.717, 1.165) is 0 Å². The Bertz CT molecular complexity index is 755. The predicted octanol–water partition coefficient (Wildman–Crippen LogP) is 1.55. The van der Waals surface area contributed by atoms with Crippen LogP contribution in [0.4, 0.5) is 5.69 Å². The second kappa shape index (κ2) is 5.99. The SMILES string of the molecule is CC(C(=O)O)n1cc(C(=O)Nc2ccc3c(c2)OCCO3)cn1. The molecule has 0 spiro atoms. The lowest BCUT2D eigenvalue weighted by Gasteiger charge is -2.18. The minimum absolute atomic E-state index is 0.271. The fourth-order valence-electron chi connectivity index (χ4n) is 2.10. The van der Waals surface area contributed by atoms with Crippen molar-refractivity contribution >= 4 is 17.6 Å². The lowest BCUT2D eigenvalue weighted by atomic mass is 10.2. The molecule has 120 valence electrons. The third-order valence-corrected chi connectivity index (χ3v) is 3.42. The molecule has 8 heteroatoms. The first-order valence-electron chi connectivity index (χ1n) is 7.02. The molecule has 0 saturated heterocycles. The van der Waals surface area contributed by atoms with Gasteiger partial charge in [0.05, 0.1) is 11.8 Å². The van der Waals surface area contributed by atoms with Gasteiger partial charge in [-0.15, -0.1) is 0 Å². The first-order valence-corrected chi connectivity index (χ1v) is 7.02. The number of carbonyl (C=O) groups excluding carboxylic acids is 1. The highest BCUT2D eigenvalue weighted by molar-refractivity contribution is 6.04. The van der Waals surface area contributed by atoms with Crippen LogP contribution in [0.3, 0.4) is 0 Å². The number of carboxylic acids is 1. The monoisotopic (exact) mass is 317 g/mol. The predicted molar refractivity (Wildman–Crippen MR) is 80.0 cm³/mol. The molecule has 0 fully saturated rings. The molecule has 1 atom stereocenters. The van der Waals surface area contributed by atoms with E-state index in [9.17, 15) is 9.59 Å². The van der Waals surface area contributed by atoms with Gasteiger partial charge in [-0.25, -0.2) is 4.79 Å². The molecular weight excluding hydrogens is 302 g/mol. The number of nitrogens with one attached hydrogen (secondary N) is 1. The zero-order valence-electron chi connectivity index (χ0n) is 12.4. The van der Waals surface area contributed by atoms with Gasteiger partial charge in [0.25, 0.3) is 5.91 Å².